The van der Waals surface area contributed by atoms with E-state index in [-0.39, 0.29) is 17.9 Å². The average Bonchev–Trinajstić information content (AvgIpc) is 3.29. The molecule has 0 aliphatic carbocycles. The van der Waals surface area contributed by atoms with Gasteiger partial charge in [0, 0.05) is 43.0 Å². The summed E-state index contributed by atoms with van der Waals surface area (Å²) in [5.74, 6) is 0.916. The van der Waals surface area contributed by atoms with Crippen LogP contribution in [0.15, 0.2) is 41.2 Å². The van der Waals surface area contributed by atoms with Gasteiger partial charge in [0.25, 0.3) is 5.56 Å². The molecule has 2 N–H and O–H groups in total. The largest absolute Gasteiger partial charge is 0.497 e. The first-order valence-electron chi connectivity index (χ1n) is 11.3. The van der Waals surface area contributed by atoms with E-state index in [1.54, 1.807) is 30.0 Å². The van der Waals surface area contributed by atoms with E-state index in [4.69, 9.17) is 9.47 Å². The van der Waals surface area contributed by atoms with E-state index < -0.39 is 29.1 Å². The highest BCUT2D eigenvalue weighted by atomic mass is 19.4. The lowest BCUT2D eigenvalue weighted by Gasteiger charge is -2.22. The predicted octanol–water partition coefficient (Wildman–Crippen LogP) is 3.86. The number of β-amino-alcohol motifs (C(OH)–C–C–N with tert-alkyl or cyclic N) is 1. The number of aromatic nitrogens is 2. The third-order valence-electron chi connectivity index (χ3n) is 6.25. The van der Waals surface area contributed by atoms with Crippen LogP contribution in [0.1, 0.15) is 17.5 Å². The molecule has 0 bridgehead atoms. The number of nitrogens with one attached hydrogen (secondary N) is 1. The van der Waals surface area contributed by atoms with Crippen molar-refractivity contribution in [2.24, 2.45) is 0 Å². The van der Waals surface area contributed by atoms with Gasteiger partial charge in [0.1, 0.15) is 17.2 Å². The van der Waals surface area contributed by atoms with Crippen LogP contribution < -0.4 is 25.2 Å². The molecule has 1 unspecified atom stereocenters. The minimum absolute atomic E-state index is 0.108. The van der Waals surface area contributed by atoms with Crippen LogP contribution in [0.5, 0.6) is 11.5 Å². The molecule has 1 aliphatic rings. The summed E-state index contributed by atoms with van der Waals surface area (Å²) in [7, 11) is 4.49. The van der Waals surface area contributed by atoms with E-state index in [1.807, 2.05) is 0 Å². The lowest BCUT2D eigenvalue weighted by molar-refractivity contribution is -0.137. The Morgan fingerprint density at radius 1 is 1.11 bits per heavy atom. The molecule has 1 fully saturated rings. The molecule has 0 radical (unpaired) electrons. The van der Waals surface area contributed by atoms with Crippen molar-refractivity contribution in [1.82, 2.24) is 9.78 Å². The lowest BCUT2D eigenvalue weighted by atomic mass is 10.0. The van der Waals surface area contributed by atoms with Gasteiger partial charge in [-0.1, -0.05) is 0 Å². The molecular formula is C25H27F3N4O4. The molecule has 8 nitrogen and oxygen atoms in total. The van der Waals surface area contributed by atoms with Crippen molar-refractivity contribution in [3.05, 3.63) is 57.9 Å². The molecule has 4 rings (SSSR count). The average molecular weight is 505 g/mol. The Kier molecular flexibility index (Phi) is 6.85. The molecule has 1 saturated heterocycles. The van der Waals surface area contributed by atoms with Gasteiger partial charge in [0.05, 0.1) is 37.3 Å². The van der Waals surface area contributed by atoms with Crippen LogP contribution in [-0.4, -0.2) is 55.3 Å². The number of hydrogen-bond donors (Lipinski definition) is 2. The summed E-state index contributed by atoms with van der Waals surface area (Å²) in [6.07, 6.45) is -4.80. The molecule has 1 atom stereocenters. The third-order valence-corrected chi connectivity index (χ3v) is 6.25. The monoisotopic (exact) mass is 504 g/mol. The maximum atomic E-state index is 14.1. The van der Waals surface area contributed by atoms with Crippen molar-refractivity contribution in [1.29, 1.82) is 0 Å². The summed E-state index contributed by atoms with van der Waals surface area (Å²) < 4.78 is 53.7. The zero-order valence-corrected chi connectivity index (χ0v) is 20.3. The first-order valence-corrected chi connectivity index (χ1v) is 11.3. The topological polar surface area (TPSA) is 88.8 Å². The normalized spacial score (nSPS) is 15.8. The maximum Gasteiger partial charge on any atom is 0.418 e. The van der Waals surface area contributed by atoms with Gasteiger partial charge in [-0.25, -0.2) is 0 Å². The van der Waals surface area contributed by atoms with Crippen molar-refractivity contribution in [2.75, 3.05) is 44.6 Å². The van der Waals surface area contributed by atoms with E-state index in [1.165, 1.54) is 33.4 Å². The van der Waals surface area contributed by atoms with E-state index >= 15 is 0 Å². The highest BCUT2D eigenvalue weighted by molar-refractivity contribution is 5.72. The van der Waals surface area contributed by atoms with E-state index in [2.05, 4.69) is 10.4 Å². The second-order valence-corrected chi connectivity index (χ2v) is 8.50. The smallest absolute Gasteiger partial charge is 0.418 e. The molecule has 0 spiro atoms. The highest BCUT2D eigenvalue weighted by Gasteiger charge is 2.36. The zero-order chi connectivity index (χ0) is 26.2. The van der Waals surface area contributed by atoms with Crippen molar-refractivity contribution in [2.45, 2.75) is 25.6 Å². The molecule has 36 heavy (non-hydrogen) atoms. The summed E-state index contributed by atoms with van der Waals surface area (Å²) in [5.41, 5.74) is -0.317. The van der Waals surface area contributed by atoms with Crippen molar-refractivity contribution in [3.8, 4) is 28.4 Å². The van der Waals surface area contributed by atoms with Gasteiger partial charge in [-0.15, -0.1) is 0 Å². The summed E-state index contributed by atoms with van der Waals surface area (Å²) in [6, 6.07) is 8.56. The van der Waals surface area contributed by atoms with Crippen LogP contribution in [0, 0.1) is 6.92 Å². The van der Waals surface area contributed by atoms with Crippen LogP contribution >= 0.6 is 0 Å². The molecule has 3 aromatic rings. The molecule has 0 amide bonds. The fraction of sp³-hybridized carbons (Fsp3) is 0.360. The molecule has 2 aromatic carbocycles. The third kappa shape index (κ3) is 4.70. The van der Waals surface area contributed by atoms with E-state index in [0.29, 0.717) is 41.3 Å². The number of aliphatic hydroxyl groups excluding tert-OH is 1. The van der Waals surface area contributed by atoms with Gasteiger partial charge >= 0.3 is 6.18 Å². The van der Waals surface area contributed by atoms with Crippen LogP contribution in [0.2, 0.25) is 0 Å². The number of benzene rings is 2. The number of anilines is 2. The Balaban J connectivity index is 2.00. The summed E-state index contributed by atoms with van der Waals surface area (Å²) in [6.45, 7) is 2.44. The summed E-state index contributed by atoms with van der Waals surface area (Å²) in [5, 5.41) is 17.1. The fourth-order valence-corrected chi connectivity index (χ4v) is 4.39. The molecule has 192 valence electrons. The fourth-order valence-electron chi connectivity index (χ4n) is 4.39. The van der Waals surface area contributed by atoms with Crippen LogP contribution in [0.4, 0.5) is 24.5 Å². The van der Waals surface area contributed by atoms with Gasteiger partial charge in [0.15, 0.2) is 0 Å². The minimum atomic E-state index is -4.73. The zero-order valence-electron chi connectivity index (χ0n) is 20.3. The van der Waals surface area contributed by atoms with Crippen LogP contribution in [0.3, 0.4) is 0 Å². The predicted molar refractivity (Wildman–Crippen MR) is 130 cm³/mol. The number of halogens is 3. The Hall–Kier alpha value is -3.73. The summed E-state index contributed by atoms with van der Waals surface area (Å²) in [4.78, 5) is 15.2. The number of hydrogen-bond acceptors (Lipinski definition) is 7. The van der Waals surface area contributed by atoms with Crippen molar-refractivity contribution in [3.63, 3.8) is 0 Å². The van der Waals surface area contributed by atoms with Crippen molar-refractivity contribution < 1.29 is 27.8 Å². The molecule has 2 heterocycles. The van der Waals surface area contributed by atoms with E-state index in [0.717, 1.165) is 10.7 Å². The minimum Gasteiger partial charge on any atom is -0.497 e. The Morgan fingerprint density at radius 2 is 1.78 bits per heavy atom. The Bertz CT molecular complexity index is 1320. The van der Waals surface area contributed by atoms with Gasteiger partial charge in [0.2, 0.25) is 0 Å². The van der Waals surface area contributed by atoms with E-state index in [9.17, 15) is 23.1 Å². The van der Waals surface area contributed by atoms with Gasteiger partial charge in [-0.05, 0) is 43.7 Å². The SMILES string of the molecule is CNc1c(C)c(-c2cc(OC)cc(OC)c2)nn(-c2cc(N3CCC(O)C3)ccc2C(F)(F)F)c1=O. The second-order valence-electron chi connectivity index (χ2n) is 8.50. The quantitative estimate of drug-likeness (QED) is 0.527. The first kappa shape index (κ1) is 25.4. The molecule has 11 heteroatoms. The molecule has 0 saturated carbocycles. The number of alkyl halides is 3. The maximum absolute atomic E-state index is 14.1. The standard InChI is InChI=1S/C25H27F3N4O4/c1-14-22(15-9-18(35-3)12-19(10-15)36-4)30-32(24(34)23(14)29-2)21-11-16(31-8-7-17(33)13-31)5-6-20(21)25(26,27)28/h5-6,9-12,17,29,33H,7-8,13H2,1-4H3. The van der Waals surface area contributed by atoms with Crippen molar-refractivity contribution >= 4 is 11.4 Å². The number of methoxy groups -OCH3 is 2. The van der Waals surface area contributed by atoms with Crippen LogP contribution in [0.25, 0.3) is 16.9 Å². The second kappa shape index (κ2) is 9.73. The highest BCUT2D eigenvalue weighted by Crippen LogP contribution is 2.37. The van der Waals surface area contributed by atoms with Gasteiger partial charge in [-0.2, -0.15) is 23.0 Å². The Morgan fingerprint density at radius 3 is 2.31 bits per heavy atom. The number of ether oxygens (including phenoxy) is 2. The van der Waals surface area contributed by atoms with Gasteiger partial charge < -0.3 is 24.8 Å². The number of aliphatic hydroxyl groups is 1. The molecule has 1 aromatic heterocycles. The molecular weight excluding hydrogens is 477 g/mol. The number of rotatable bonds is 6. The first-order chi connectivity index (χ1) is 17.1. The summed E-state index contributed by atoms with van der Waals surface area (Å²) >= 11 is 0. The van der Waals surface area contributed by atoms with Gasteiger partial charge in [-0.3, -0.25) is 4.79 Å². The lowest BCUT2D eigenvalue weighted by Crippen LogP contribution is -2.28. The molecule has 1 aliphatic heterocycles. The van der Waals surface area contributed by atoms with Crippen LogP contribution in [-0.2, 0) is 6.18 Å². The number of nitrogens with zero attached hydrogens (tertiary/aromatic N) is 3. The Labute approximate surface area is 205 Å².